The molecule has 0 aliphatic heterocycles. The van der Waals surface area contributed by atoms with Crippen LogP contribution in [-0.2, 0) is 4.79 Å². The third kappa shape index (κ3) is 4.02. The second-order valence-electron chi connectivity index (χ2n) is 1.39. The Kier molecular flexibility index (Phi) is 4.13. The summed E-state index contributed by atoms with van der Waals surface area (Å²) < 4.78 is 0. The van der Waals surface area contributed by atoms with Crippen molar-refractivity contribution >= 4 is 22.9 Å². The van der Waals surface area contributed by atoms with Gasteiger partial charge < -0.3 is 0 Å². The minimum atomic E-state index is -0.290. The Labute approximate surface area is 58.2 Å². The molecule has 0 saturated heterocycles. The van der Waals surface area contributed by atoms with Crippen molar-refractivity contribution in [3.63, 3.8) is 0 Å². The van der Waals surface area contributed by atoms with Crippen LogP contribution in [0, 0.1) is 0 Å². The number of rotatable bonds is 1. The third-order valence-electron chi connectivity index (χ3n) is 0.748. The van der Waals surface area contributed by atoms with Gasteiger partial charge in [0.25, 0.3) is 5.24 Å². The Morgan fingerprint density at radius 3 is 2.44 bits per heavy atom. The van der Waals surface area contributed by atoms with Crippen molar-refractivity contribution in [3.8, 4) is 0 Å². The number of imide groups is 1. The second kappa shape index (κ2) is 4.38. The van der Waals surface area contributed by atoms with E-state index in [1.54, 1.807) is 13.2 Å². The average Bonchev–Trinajstić information content (AvgIpc) is 1.87. The molecule has 3 nitrogen and oxygen atoms in total. The topological polar surface area (TPSA) is 46.2 Å². The highest BCUT2D eigenvalue weighted by atomic mass is 32.2. The van der Waals surface area contributed by atoms with E-state index in [2.05, 4.69) is 5.32 Å². The quantitative estimate of drug-likeness (QED) is 0.601. The van der Waals surface area contributed by atoms with Gasteiger partial charge in [0, 0.05) is 6.42 Å². The number of amides is 2. The van der Waals surface area contributed by atoms with Crippen LogP contribution in [0.5, 0.6) is 0 Å². The smallest absolute Gasteiger partial charge is 0.285 e. The molecular weight excluding hydrogens is 138 g/mol. The molecule has 0 radical (unpaired) electrons. The summed E-state index contributed by atoms with van der Waals surface area (Å²) in [5.74, 6) is -0.227. The van der Waals surface area contributed by atoms with Gasteiger partial charge in [-0.1, -0.05) is 18.7 Å². The molecule has 0 saturated carbocycles. The summed E-state index contributed by atoms with van der Waals surface area (Å²) in [5.41, 5.74) is 0. The number of carbonyl (C=O) groups excluding carboxylic acids is 2. The number of hydrogen-bond donors (Lipinski definition) is 1. The Morgan fingerprint density at radius 1 is 1.56 bits per heavy atom. The van der Waals surface area contributed by atoms with Gasteiger partial charge in [0.1, 0.15) is 0 Å². The van der Waals surface area contributed by atoms with Crippen molar-refractivity contribution in [2.24, 2.45) is 0 Å². The van der Waals surface area contributed by atoms with Gasteiger partial charge in [-0.15, -0.1) is 0 Å². The van der Waals surface area contributed by atoms with Crippen LogP contribution in [0.25, 0.3) is 0 Å². The van der Waals surface area contributed by atoms with E-state index < -0.39 is 0 Å². The van der Waals surface area contributed by atoms with E-state index in [-0.39, 0.29) is 11.1 Å². The van der Waals surface area contributed by atoms with Gasteiger partial charge in [0.05, 0.1) is 0 Å². The first kappa shape index (κ1) is 8.49. The number of nitrogens with one attached hydrogen (secondary N) is 1. The molecule has 0 bridgehead atoms. The minimum Gasteiger partial charge on any atom is -0.287 e. The molecule has 0 unspecified atom stereocenters. The molecule has 0 aromatic rings. The highest BCUT2D eigenvalue weighted by Crippen LogP contribution is 1.92. The van der Waals surface area contributed by atoms with Crippen LogP contribution < -0.4 is 5.32 Å². The van der Waals surface area contributed by atoms with E-state index in [4.69, 9.17) is 0 Å². The lowest BCUT2D eigenvalue weighted by atomic mass is 10.5. The monoisotopic (exact) mass is 147 g/mol. The van der Waals surface area contributed by atoms with Gasteiger partial charge in [0.15, 0.2) is 0 Å². The van der Waals surface area contributed by atoms with Crippen LogP contribution in [0.4, 0.5) is 4.79 Å². The summed E-state index contributed by atoms with van der Waals surface area (Å²) in [6.07, 6.45) is 1.98. The summed E-state index contributed by atoms with van der Waals surface area (Å²) in [4.78, 5) is 20.8. The molecule has 4 heteroatoms. The standard InChI is InChI=1S/C5H9NO2S/c1-3-4(7)6-5(8)9-2/h3H2,1-2H3,(H,6,7,8). The number of hydrogen-bond acceptors (Lipinski definition) is 3. The van der Waals surface area contributed by atoms with Crippen LogP contribution in [0.15, 0.2) is 0 Å². The van der Waals surface area contributed by atoms with Crippen molar-refractivity contribution < 1.29 is 9.59 Å². The van der Waals surface area contributed by atoms with Crippen molar-refractivity contribution in [2.75, 3.05) is 6.26 Å². The predicted octanol–water partition coefficient (Wildman–Crippen LogP) is 0.996. The summed E-state index contributed by atoms with van der Waals surface area (Å²) in [6.45, 7) is 1.70. The Hall–Kier alpha value is -0.510. The van der Waals surface area contributed by atoms with Gasteiger partial charge in [-0.25, -0.2) is 0 Å². The number of carbonyl (C=O) groups is 2. The van der Waals surface area contributed by atoms with E-state index >= 15 is 0 Å². The highest BCUT2D eigenvalue weighted by Gasteiger charge is 2.01. The predicted molar refractivity (Wildman–Crippen MR) is 37.3 cm³/mol. The van der Waals surface area contributed by atoms with Gasteiger partial charge >= 0.3 is 0 Å². The van der Waals surface area contributed by atoms with Gasteiger partial charge in [-0.05, 0) is 6.26 Å². The molecule has 9 heavy (non-hydrogen) atoms. The fourth-order valence-electron chi connectivity index (χ4n) is 0.253. The molecular formula is C5H9NO2S. The van der Waals surface area contributed by atoms with Gasteiger partial charge in [-0.2, -0.15) is 0 Å². The van der Waals surface area contributed by atoms with Crippen molar-refractivity contribution in [1.29, 1.82) is 0 Å². The summed E-state index contributed by atoms with van der Waals surface area (Å²) in [5, 5.41) is 1.87. The zero-order chi connectivity index (χ0) is 7.28. The van der Waals surface area contributed by atoms with Gasteiger partial charge in [0.2, 0.25) is 5.91 Å². The number of thioether (sulfide) groups is 1. The molecule has 0 aliphatic carbocycles. The average molecular weight is 147 g/mol. The Bertz CT molecular complexity index is 110. The molecule has 0 atom stereocenters. The maximum atomic E-state index is 10.4. The molecule has 52 valence electrons. The van der Waals surface area contributed by atoms with E-state index in [1.165, 1.54) is 0 Å². The molecule has 0 spiro atoms. The van der Waals surface area contributed by atoms with Crippen LogP contribution in [0.2, 0.25) is 0 Å². The summed E-state index contributed by atoms with van der Waals surface area (Å²) in [6, 6.07) is 0. The molecule has 0 fully saturated rings. The second-order valence-corrected chi connectivity index (χ2v) is 2.17. The normalized spacial score (nSPS) is 8.67. The zero-order valence-electron chi connectivity index (χ0n) is 5.43. The minimum absolute atomic E-state index is 0.227. The first-order valence-electron chi connectivity index (χ1n) is 2.58. The fraction of sp³-hybridized carbons (Fsp3) is 0.600. The first-order valence-corrected chi connectivity index (χ1v) is 3.81. The lowest BCUT2D eigenvalue weighted by molar-refractivity contribution is -0.119. The van der Waals surface area contributed by atoms with Crippen LogP contribution in [-0.4, -0.2) is 17.4 Å². The summed E-state index contributed by atoms with van der Waals surface area (Å²) in [7, 11) is 0. The van der Waals surface area contributed by atoms with Crippen molar-refractivity contribution in [1.82, 2.24) is 5.32 Å². The fourth-order valence-corrected chi connectivity index (χ4v) is 0.469. The van der Waals surface area contributed by atoms with Crippen LogP contribution in [0.3, 0.4) is 0 Å². The largest absolute Gasteiger partial charge is 0.287 e. The molecule has 0 heterocycles. The van der Waals surface area contributed by atoms with Crippen LogP contribution in [0.1, 0.15) is 13.3 Å². The first-order chi connectivity index (χ1) is 4.20. The van der Waals surface area contributed by atoms with E-state index in [9.17, 15) is 9.59 Å². The van der Waals surface area contributed by atoms with E-state index in [1.807, 2.05) is 0 Å². The molecule has 0 rings (SSSR count). The van der Waals surface area contributed by atoms with E-state index in [0.717, 1.165) is 11.8 Å². The maximum Gasteiger partial charge on any atom is 0.285 e. The molecule has 0 aliphatic rings. The van der Waals surface area contributed by atoms with Gasteiger partial charge in [-0.3, -0.25) is 14.9 Å². The van der Waals surface area contributed by atoms with Crippen molar-refractivity contribution in [2.45, 2.75) is 13.3 Å². The van der Waals surface area contributed by atoms with Crippen molar-refractivity contribution in [3.05, 3.63) is 0 Å². The lowest BCUT2D eigenvalue weighted by Gasteiger charge is -1.95. The molecule has 0 aromatic carbocycles. The Balaban J connectivity index is 3.47. The molecule has 0 aromatic heterocycles. The summed E-state index contributed by atoms with van der Waals surface area (Å²) >= 11 is 0.998. The molecule has 2 amide bonds. The lowest BCUT2D eigenvalue weighted by Crippen LogP contribution is -2.25. The zero-order valence-corrected chi connectivity index (χ0v) is 6.25. The maximum absolute atomic E-state index is 10.4. The third-order valence-corrected chi connectivity index (χ3v) is 1.22. The highest BCUT2D eigenvalue weighted by molar-refractivity contribution is 8.13. The van der Waals surface area contributed by atoms with E-state index in [0.29, 0.717) is 6.42 Å². The molecule has 1 N–H and O–H groups in total. The Morgan fingerprint density at radius 2 is 2.11 bits per heavy atom. The SMILES string of the molecule is CCC(=O)NC(=O)SC. The van der Waals surface area contributed by atoms with Crippen LogP contribution >= 0.6 is 11.8 Å².